The lowest BCUT2D eigenvalue weighted by Gasteiger charge is -2.48. The van der Waals surface area contributed by atoms with E-state index in [0.29, 0.717) is 0 Å². The first-order chi connectivity index (χ1) is 27.5. The van der Waals surface area contributed by atoms with Gasteiger partial charge in [-0.25, -0.2) is 14.4 Å². The highest BCUT2D eigenvalue weighted by atomic mass is 16.2. The highest BCUT2D eigenvalue weighted by Crippen LogP contribution is 2.61. The van der Waals surface area contributed by atoms with E-state index in [-0.39, 0.29) is 57.4 Å². The molecule has 3 heterocycles. The molecular formula is C47H42N6O3. The summed E-state index contributed by atoms with van der Waals surface area (Å²) in [5.74, 6) is -3.28. The Balaban J connectivity index is 1.37. The number of benzene rings is 6. The molecule has 0 bridgehead atoms. The Morgan fingerprint density at radius 2 is 0.393 bits per heavy atom. The lowest BCUT2D eigenvalue weighted by atomic mass is 10.0. The number of carbonyl (C=O) groups excluding carboxylic acids is 3. The molecule has 3 saturated heterocycles. The SMILES string of the molecule is O=C1N(Cc2ccccc2)C23N(Cc4ccccc4)C(=O)N(Cc4ccccc4)C2(N1Cc1ccccc1)N(Cc1ccccc1)C(=O)N3Cc1ccccc1. The van der Waals surface area contributed by atoms with Crippen LogP contribution in [0.2, 0.25) is 0 Å². The smallest absolute Gasteiger partial charge is 0.274 e. The Morgan fingerprint density at radius 3 is 0.536 bits per heavy atom. The molecule has 9 rings (SSSR count). The summed E-state index contributed by atoms with van der Waals surface area (Å²) in [5, 5.41) is 0. The van der Waals surface area contributed by atoms with E-state index in [1.165, 1.54) is 0 Å². The normalized spacial score (nSPS) is 20.2. The molecule has 0 radical (unpaired) electrons. The van der Waals surface area contributed by atoms with E-state index in [1.54, 1.807) is 29.4 Å². The Kier molecular flexibility index (Phi) is 8.97. The van der Waals surface area contributed by atoms with E-state index >= 15 is 14.4 Å². The van der Waals surface area contributed by atoms with Crippen LogP contribution >= 0.6 is 0 Å². The first kappa shape index (κ1) is 34.9. The second-order valence-electron chi connectivity index (χ2n) is 14.5. The molecule has 9 nitrogen and oxygen atoms in total. The number of rotatable bonds is 12. The lowest BCUT2D eigenvalue weighted by Crippen LogP contribution is -2.73. The maximum absolute atomic E-state index is 15.9. The monoisotopic (exact) mass is 738 g/mol. The van der Waals surface area contributed by atoms with E-state index in [0.717, 1.165) is 33.4 Å². The van der Waals surface area contributed by atoms with Crippen molar-refractivity contribution in [3.8, 4) is 0 Å². The minimum absolute atomic E-state index is 0.155. The molecule has 278 valence electrons. The molecule has 3 aliphatic rings. The van der Waals surface area contributed by atoms with Crippen LogP contribution in [0.5, 0.6) is 0 Å². The topological polar surface area (TPSA) is 70.7 Å². The van der Waals surface area contributed by atoms with Crippen molar-refractivity contribution in [2.75, 3.05) is 0 Å². The number of urea groups is 3. The maximum atomic E-state index is 15.9. The molecule has 0 N–H and O–H groups in total. The van der Waals surface area contributed by atoms with Crippen LogP contribution in [0.15, 0.2) is 182 Å². The van der Waals surface area contributed by atoms with Gasteiger partial charge in [0.1, 0.15) is 0 Å². The first-order valence-corrected chi connectivity index (χ1v) is 19.0. The number of amides is 6. The summed E-state index contributed by atoms with van der Waals surface area (Å²) in [6.45, 7) is 0.930. The van der Waals surface area contributed by atoms with Crippen LogP contribution in [0.3, 0.4) is 0 Å². The van der Waals surface area contributed by atoms with Gasteiger partial charge in [-0.05, 0) is 33.4 Å². The molecule has 0 atom stereocenters. The molecule has 0 aromatic heterocycles. The van der Waals surface area contributed by atoms with Crippen LogP contribution in [0.1, 0.15) is 33.4 Å². The minimum Gasteiger partial charge on any atom is -0.274 e. The Bertz CT molecular complexity index is 1890. The van der Waals surface area contributed by atoms with Crippen LogP contribution in [-0.2, 0) is 39.3 Å². The lowest BCUT2D eigenvalue weighted by molar-refractivity contribution is -0.166. The molecule has 0 unspecified atom stereocenters. The van der Waals surface area contributed by atoms with Gasteiger partial charge in [0, 0.05) is 0 Å². The van der Waals surface area contributed by atoms with Crippen molar-refractivity contribution in [3.05, 3.63) is 215 Å². The standard InChI is InChI=1S/C47H42N6O3/c54-43-48(31-37-19-7-1-8-20-37)46-47(49(43)32-38-21-9-2-10-22-38,52(35-41-27-15-5-16-28-41)44(55)50(46)33-39-23-11-3-12-24-39)53(36-42-29-17-6-18-30-42)45(56)51(46)34-40-25-13-4-14-26-40/h1-30H,31-36H2. The Morgan fingerprint density at radius 1 is 0.250 bits per heavy atom. The first-order valence-electron chi connectivity index (χ1n) is 19.0. The van der Waals surface area contributed by atoms with Gasteiger partial charge in [-0.15, -0.1) is 0 Å². The number of hydrogen-bond acceptors (Lipinski definition) is 3. The molecular weight excluding hydrogens is 697 g/mol. The van der Waals surface area contributed by atoms with Gasteiger partial charge in [-0.1, -0.05) is 182 Å². The summed E-state index contributed by atoms with van der Waals surface area (Å²) in [4.78, 5) is 58.3. The zero-order valence-electron chi connectivity index (χ0n) is 31.0. The molecule has 3 aliphatic heterocycles. The van der Waals surface area contributed by atoms with Crippen molar-refractivity contribution in [3.63, 3.8) is 0 Å². The van der Waals surface area contributed by atoms with Gasteiger partial charge in [0.2, 0.25) is 0 Å². The van der Waals surface area contributed by atoms with Crippen LogP contribution < -0.4 is 0 Å². The fourth-order valence-electron chi connectivity index (χ4n) is 8.86. The van der Waals surface area contributed by atoms with Gasteiger partial charge in [0.15, 0.2) is 0 Å². The van der Waals surface area contributed by atoms with Crippen LogP contribution in [0.25, 0.3) is 0 Å². The summed E-state index contributed by atoms with van der Waals surface area (Å²) in [6.07, 6.45) is 0. The van der Waals surface area contributed by atoms with Crippen LogP contribution in [-0.4, -0.2) is 59.1 Å². The van der Waals surface area contributed by atoms with Gasteiger partial charge in [0.25, 0.3) is 11.6 Å². The summed E-state index contributed by atoms with van der Waals surface area (Å²) < 4.78 is 0. The largest absolute Gasteiger partial charge is 0.327 e. The Hall–Kier alpha value is -6.87. The predicted octanol–water partition coefficient (Wildman–Crippen LogP) is 8.71. The van der Waals surface area contributed by atoms with Gasteiger partial charge < -0.3 is 0 Å². The molecule has 3 fully saturated rings. The zero-order valence-corrected chi connectivity index (χ0v) is 31.0. The summed E-state index contributed by atoms with van der Waals surface area (Å²) in [7, 11) is 0. The van der Waals surface area contributed by atoms with Crippen LogP contribution in [0, 0.1) is 0 Å². The average Bonchev–Trinajstić information content (AvgIpc) is 3.67. The molecule has 0 aliphatic carbocycles. The number of hydrogen-bond donors (Lipinski definition) is 0. The van der Waals surface area contributed by atoms with Gasteiger partial charge in [-0.3, -0.25) is 29.4 Å². The molecule has 0 spiro atoms. The maximum Gasteiger partial charge on any atom is 0.327 e. The van der Waals surface area contributed by atoms with E-state index < -0.39 is 11.6 Å². The van der Waals surface area contributed by atoms with E-state index in [2.05, 4.69) is 0 Å². The van der Waals surface area contributed by atoms with Gasteiger partial charge >= 0.3 is 18.1 Å². The second kappa shape index (κ2) is 14.4. The number of carbonyl (C=O) groups is 3. The summed E-state index contributed by atoms with van der Waals surface area (Å²) in [6, 6.07) is 58.2. The van der Waals surface area contributed by atoms with Crippen molar-refractivity contribution in [1.82, 2.24) is 29.4 Å². The fourth-order valence-corrected chi connectivity index (χ4v) is 8.86. The third kappa shape index (κ3) is 5.57. The van der Waals surface area contributed by atoms with Crippen molar-refractivity contribution < 1.29 is 14.4 Å². The van der Waals surface area contributed by atoms with E-state index in [4.69, 9.17) is 0 Å². The van der Waals surface area contributed by atoms with E-state index in [9.17, 15) is 0 Å². The Labute approximate surface area is 327 Å². The average molecular weight is 739 g/mol. The molecule has 9 heteroatoms. The fraction of sp³-hybridized carbons (Fsp3) is 0.170. The van der Waals surface area contributed by atoms with Gasteiger partial charge in [0.05, 0.1) is 39.3 Å². The second-order valence-corrected chi connectivity index (χ2v) is 14.5. The van der Waals surface area contributed by atoms with Gasteiger partial charge in [-0.2, -0.15) is 0 Å². The molecule has 6 amide bonds. The van der Waals surface area contributed by atoms with Crippen molar-refractivity contribution in [2.45, 2.75) is 50.8 Å². The van der Waals surface area contributed by atoms with Crippen molar-refractivity contribution >= 4 is 18.1 Å². The molecule has 6 aromatic carbocycles. The number of nitrogens with zero attached hydrogens (tertiary/aromatic N) is 6. The summed E-state index contributed by atoms with van der Waals surface area (Å²) >= 11 is 0. The van der Waals surface area contributed by atoms with E-state index in [1.807, 2.05) is 182 Å². The minimum atomic E-state index is -1.64. The third-order valence-electron chi connectivity index (χ3n) is 11.2. The summed E-state index contributed by atoms with van der Waals surface area (Å²) in [5.41, 5.74) is 5.29. The zero-order chi connectivity index (χ0) is 38.1. The van der Waals surface area contributed by atoms with Crippen LogP contribution in [0.4, 0.5) is 14.4 Å². The third-order valence-corrected chi connectivity index (χ3v) is 11.2. The highest BCUT2D eigenvalue weighted by molar-refractivity contribution is 5.95. The molecule has 0 saturated carbocycles. The van der Waals surface area contributed by atoms with Crippen molar-refractivity contribution in [2.24, 2.45) is 0 Å². The van der Waals surface area contributed by atoms with Crippen molar-refractivity contribution in [1.29, 1.82) is 0 Å². The molecule has 6 aromatic rings. The molecule has 56 heavy (non-hydrogen) atoms. The quantitative estimate of drug-likeness (QED) is 0.126. The highest BCUT2D eigenvalue weighted by Gasteiger charge is 2.88. The predicted molar refractivity (Wildman–Crippen MR) is 214 cm³/mol.